The van der Waals surface area contributed by atoms with Crippen LogP contribution in [0.3, 0.4) is 0 Å². The Kier molecular flexibility index (Phi) is 8.15. The molecule has 0 radical (unpaired) electrons. The highest BCUT2D eigenvalue weighted by Crippen LogP contribution is 1.98. The van der Waals surface area contributed by atoms with Gasteiger partial charge in [-0.2, -0.15) is 0 Å². The lowest BCUT2D eigenvalue weighted by Gasteiger charge is -2.25. The Morgan fingerprint density at radius 2 is 2.19 bits per heavy atom. The minimum absolute atomic E-state index is 0.00559. The summed E-state index contributed by atoms with van der Waals surface area (Å²) in [5.41, 5.74) is 0. The van der Waals surface area contributed by atoms with Gasteiger partial charge in [-0.3, -0.25) is 9.69 Å². The highest BCUT2D eigenvalue weighted by molar-refractivity contribution is 5.81. The average Bonchev–Trinajstić information content (AvgIpc) is 2.24. The number of carbonyl (C=O) groups excluding carboxylic acids is 1. The molecule has 0 aliphatic rings. The molecular weight excluding hydrogens is 208 g/mol. The summed E-state index contributed by atoms with van der Waals surface area (Å²) < 4.78 is 4.83. The molecule has 96 valence electrons. The van der Waals surface area contributed by atoms with Crippen LogP contribution in [0.5, 0.6) is 0 Å². The van der Waals surface area contributed by atoms with Crippen LogP contribution in [0.15, 0.2) is 0 Å². The van der Waals surface area contributed by atoms with Crippen molar-refractivity contribution >= 4 is 5.91 Å². The third-order valence-electron chi connectivity index (χ3n) is 2.45. The molecule has 0 spiro atoms. The van der Waals surface area contributed by atoms with Crippen LogP contribution in [0, 0.1) is 0 Å². The smallest absolute Gasteiger partial charge is 0.237 e. The van der Waals surface area contributed by atoms with Gasteiger partial charge in [0.1, 0.15) is 0 Å². The van der Waals surface area contributed by atoms with Gasteiger partial charge < -0.3 is 15.2 Å². The first-order chi connectivity index (χ1) is 7.52. The first-order valence-corrected chi connectivity index (χ1v) is 5.67. The number of amides is 1. The van der Waals surface area contributed by atoms with Crippen molar-refractivity contribution in [1.29, 1.82) is 0 Å². The van der Waals surface area contributed by atoms with Crippen molar-refractivity contribution in [2.45, 2.75) is 32.4 Å². The lowest BCUT2D eigenvalue weighted by atomic mass is 10.2. The third-order valence-corrected chi connectivity index (χ3v) is 2.45. The zero-order chi connectivity index (χ0) is 12.6. The van der Waals surface area contributed by atoms with Crippen molar-refractivity contribution in [3.05, 3.63) is 0 Å². The van der Waals surface area contributed by atoms with Crippen LogP contribution in [-0.2, 0) is 9.53 Å². The lowest BCUT2D eigenvalue weighted by molar-refractivity contribution is -0.125. The molecule has 5 nitrogen and oxygen atoms in total. The highest BCUT2D eigenvalue weighted by Gasteiger charge is 2.19. The fourth-order valence-electron chi connectivity index (χ4n) is 1.33. The second-order valence-corrected chi connectivity index (χ2v) is 4.02. The number of likely N-dealkylation sites (N-methyl/N-ethyl adjacent to an activating group) is 1. The molecule has 16 heavy (non-hydrogen) atoms. The number of hydrogen-bond donors (Lipinski definition) is 2. The number of aliphatic hydroxyl groups excluding tert-OH is 1. The number of rotatable bonds is 8. The summed E-state index contributed by atoms with van der Waals surface area (Å²) >= 11 is 0. The maximum absolute atomic E-state index is 11.6. The van der Waals surface area contributed by atoms with E-state index in [2.05, 4.69) is 5.32 Å². The standard InChI is InChI=1S/C11H24N2O3/c1-5-6-12-11(15)9(2)13(3)7-10(14)8-16-4/h9-10,14H,5-8H2,1-4H3,(H,12,15). The molecule has 0 aliphatic heterocycles. The zero-order valence-electron chi connectivity index (χ0n) is 10.7. The van der Waals surface area contributed by atoms with Gasteiger partial charge in [0, 0.05) is 20.2 Å². The van der Waals surface area contributed by atoms with E-state index in [4.69, 9.17) is 4.74 Å². The van der Waals surface area contributed by atoms with Gasteiger partial charge in [-0.15, -0.1) is 0 Å². The van der Waals surface area contributed by atoms with Crippen LogP contribution in [0.4, 0.5) is 0 Å². The van der Waals surface area contributed by atoms with Crippen molar-refractivity contribution in [3.63, 3.8) is 0 Å². The van der Waals surface area contributed by atoms with Gasteiger partial charge in [0.05, 0.1) is 18.8 Å². The average molecular weight is 232 g/mol. The Bertz CT molecular complexity index is 200. The van der Waals surface area contributed by atoms with Gasteiger partial charge >= 0.3 is 0 Å². The molecule has 0 aromatic heterocycles. The normalized spacial score (nSPS) is 14.9. The van der Waals surface area contributed by atoms with E-state index < -0.39 is 6.10 Å². The van der Waals surface area contributed by atoms with Gasteiger partial charge in [-0.1, -0.05) is 6.92 Å². The molecular formula is C11H24N2O3. The zero-order valence-corrected chi connectivity index (χ0v) is 10.7. The van der Waals surface area contributed by atoms with E-state index in [1.54, 1.807) is 7.11 Å². The van der Waals surface area contributed by atoms with E-state index in [-0.39, 0.29) is 18.6 Å². The number of aliphatic hydroxyl groups is 1. The summed E-state index contributed by atoms with van der Waals surface area (Å²) in [7, 11) is 3.36. The largest absolute Gasteiger partial charge is 0.389 e. The predicted molar refractivity (Wildman–Crippen MR) is 63.3 cm³/mol. The fourth-order valence-corrected chi connectivity index (χ4v) is 1.33. The Hall–Kier alpha value is -0.650. The molecule has 1 amide bonds. The maximum atomic E-state index is 11.6. The van der Waals surface area contributed by atoms with E-state index in [9.17, 15) is 9.90 Å². The first-order valence-electron chi connectivity index (χ1n) is 5.67. The number of nitrogens with one attached hydrogen (secondary N) is 1. The van der Waals surface area contributed by atoms with Gasteiger partial charge in [0.25, 0.3) is 0 Å². The van der Waals surface area contributed by atoms with E-state index in [1.165, 1.54) is 0 Å². The van der Waals surface area contributed by atoms with Crippen LogP contribution >= 0.6 is 0 Å². The molecule has 0 fully saturated rings. The van der Waals surface area contributed by atoms with E-state index in [0.717, 1.165) is 6.42 Å². The molecule has 0 heterocycles. The fraction of sp³-hybridized carbons (Fsp3) is 0.909. The molecule has 0 bridgehead atoms. The van der Waals surface area contributed by atoms with Gasteiger partial charge in [0.2, 0.25) is 5.91 Å². The summed E-state index contributed by atoms with van der Waals surface area (Å²) in [6, 6.07) is -0.238. The van der Waals surface area contributed by atoms with Crippen molar-refractivity contribution in [1.82, 2.24) is 10.2 Å². The minimum atomic E-state index is -0.559. The van der Waals surface area contributed by atoms with Gasteiger partial charge in [0.15, 0.2) is 0 Å². The maximum Gasteiger partial charge on any atom is 0.237 e. The van der Waals surface area contributed by atoms with Crippen molar-refractivity contribution in [2.75, 3.05) is 33.9 Å². The molecule has 2 N–H and O–H groups in total. The van der Waals surface area contributed by atoms with Crippen molar-refractivity contribution in [3.8, 4) is 0 Å². The molecule has 0 saturated carbocycles. The monoisotopic (exact) mass is 232 g/mol. The number of hydrogen-bond acceptors (Lipinski definition) is 4. The van der Waals surface area contributed by atoms with Crippen LogP contribution in [0.25, 0.3) is 0 Å². The second-order valence-electron chi connectivity index (χ2n) is 4.02. The number of carbonyl (C=O) groups is 1. The van der Waals surface area contributed by atoms with E-state index >= 15 is 0 Å². The third kappa shape index (κ3) is 6.05. The Balaban J connectivity index is 3.96. The highest BCUT2D eigenvalue weighted by atomic mass is 16.5. The summed E-state index contributed by atoms with van der Waals surface area (Å²) in [5.74, 6) is -0.00559. The molecule has 2 unspecified atom stereocenters. The molecule has 0 saturated heterocycles. The number of methoxy groups -OCH3 is 1. The lowest BCUT2D eigenvalue weighted by Crippen LogP contribution is -2.46. The number of nitrogens with zero attached hydrogens (tertiary/aromatic N) is 1. The van der Waals surface area contributed by atoms with Crippen LogP contribution in [0.2, 0.25) is 0 Å². The van der Waals surface area contributed by atoms with Gasteiger partial charge in [-0.05, 0) is 20.4 Å². The molecule has 2 atom stereocenters. The first kappa shape index (κ1) is 15.3. The summed E-state index contributed by atoms with van der Waals surface area (Å²) in [6.45, 7) is 5.24. The Morgan fingerprint density at radius 3 is 2.69 bits per heavy atom. The molecule has 0 aliphatic carbocycles. The molecule has 0 aromatic rings. The predicted octanol–water partition coefficient (Wildman–Crippen LogP) is -0.160. The van der Waals surface area contributed by atoms with Crippen LogP contribution in [0.1, 0.15) is 20.3 Å². The second kappa shape index (κ2) is 8.50. The van der Waals surface area contributed by atoms with E-state index in [1.807, 2.05) is 25.8 Å². The summed E-state index contributed by atoms with van der Waals surface area (Å²) in [4.78, 5) is 13.4. The van der Waals surface area contributed by atoms with Crippen molar-refractivity contribution < 1.29 is 14.6 Å². The van der Waals surface area contributed by atoms with Crippen molar-refractivity contribution in [2.24, 2.45) is 0 Å². The molecule has 0 aromatic carbocycles. The summed E-state index contributed by atoms with van der Waals surface area (Å²) in [6.07, 6.45) is 0.366. The Labute approximate surface area is 97.8 Å². The van der Waals surface area contributed by atoms with E-state index in [0.29, 0.717) is 13.1 Å². The molecule has 0 rings (SSSR count). The number of ether oxygens (including phenoxy) is 1. The quantitative estimate of drug-likeness (QED) is 0.610. The molecule has 5 heteroatoms. The Morgan fingerprint density at radius 1 is 1.56 bits per heavy atom. The minimum Gasteiger partial charge on any atom is -0.389 e. The van der Waals surface area contributed by atoms with Crippen LogP contribution < -0.4 is 5.32 Å². The van der Waals surface area contributed by atoms with Gasteiger partial charge in [-0.25, -0.2) is 0 Å². The van der Waals surface area contributed by atoms with Crippen LogP contribution in [-0.4, -0.2) is 61.9 Å². The summed E-state index contributed by atoms with van der Waals surface area (Å²) in [5, 5.41) is 12.4. The SMILES string of the molecule is CCCNC(=O)C(C)N(C)CC(O)COC. The topological polar surface area (TPSA) is 61.8 Å².